The van der Waals surface area contributed by atoms with Gasteiger partial charge in [0.15, 0.2) is 5.82 Å². The van der Waals surface area contributed by atoms with Crippen LogP contribution in [0.4, 0.5) is 0 Å². The summed E-state index contributed by atoms with van der Waals surface area (Å²) in [5, 5.41) is 0. The highest BCUT2D eigenvalue weighted by atomic mass is 14.9. The van der Waals surface area contributed by atoms with Gasteiger partial charge in [-0.15, -0.1) is 0 Å². The van der Waals surface area contributed by atoms with Crippen LogP contribution in [0.15, 0.2) is 176 Å². The molecule has 0 bridgehead atoms. The monoisotopic (exact) mass is 615 g/mol. The molecule has 5 nitrogen and oxygen atoms in total. The van der Waals surface area contributed by atoms with E-state index in [0.29, 0.717) is 5.82 Å². The molecule has 0 saturated carbocycles. The lowest BCUT2D eigenvalue weighted by Gasteiger charge is -2.11. The van der Waals surface area contributed by atoms with E-state index in [4.69, 9.17) is 19.9 Å². The molecular weight excluding hydrogens is 587 g/mol. The van der Waals surface area contributed by atoms with E-state index in [2.05, 4.69) is 77.8 Å². The molecule has 0 unspecified atom stereocenters. The highest BCUT2D eigenvalue weighted by molar-refractivity contribution is 5.78. The minimum Gasteiger partial charge on any atom is -0.255 e. The molecule has 4 aromatic carbocycles. The van der Waals surface area contributed by atoms with Crippen LogP contribution < -0.4 is 0 Å². The summed E-state index contributed by atoms with van der Waals surface area (Å²) in [5.74, 6) is 0.699. The van der Waals surface area contributed by atoms with Crippen molar-refractivity contribution < 1.29 is 0 Å². The van der Waals surface area contributed by atoms with Gasteiger partial charge in [-0.25, -0.2) is 15.0 Å². The molecule has 4 aromatic heterocycles. The lowest BCUT2D eigenvalue weighted by Crippen LogP contribution is -1.96. The van der Waals surface area contributed by atoms with Crippen LogP contribution in [0, 0.1) is 0 Å². The second-order valence-electron chi connectivity index (χ2n) is 11.4. The first-order valence-electron chi connectivity index (χ1n) is 15.8. The zero-order chi connectivity index (χ0) is 32.1. The van der Waals surface area contributed by atoms with Gasteiger partial charge in [0.2, 0.25) is 0 Å². The Hall–Kier alpha value is -6.59. The van der Waals surface area contributed by atoms with Gasteiger partial charge >= 0.3 is 0 Å². The molecule has 0 atom stereocenters. The third-order valence-electron chi connectivity index (χ3n) is 8.22. The van der Waals surface area contributed by atoms with Gasteiger partial charge in [0.05, 0.1) is 34.2 Å². The molecule has 0 radical (unpaired) electrons. The summed E-state index contributed by atoms with van der Waals surface area (Å²) in [6.07, 6.45) is 3.64. The average molecular weight is 616 g/mol. The number of rotatable bonds is 7. The van der Waals surface area contributed by atoms with Crippen LogP contribution in [-0.4, -0.2) is 24.9 Å². The second kappa shape index (κ2) is 13.0. The standard InChI is InChI=1S/C43H29N5/c1-4-12-30(13-5-1)36-27-41(37-18-10-11-24-44-37)46-42(28-36)40-26-35(23-25-45-40)31-19-21-33(22-20-31)39-29-38(32-14-6-2-7-15-32)47-43(48-39)34-16-8-3-9-17-34/h1-29H. The van der Waals surface area contributed by atoms with E-state index in [1.54, 1.807) is 6.20 Å². The third kappa shape index (κ3) is 6.13. The van der Waals surface area contributed by atoms with Crippen molar-refractivity contribution in [3.8, 4) is 78.9 Å². The first-order valence-corrected chi connectivity index (χ1v) is 15.8. The summed E-state index contributed by atoms with van der Waals surface area (Å²) in [5.41, 5.74) is 12.3. The smallest absolute Gasteiger partial charge is 0.160 e. The van der Waals surface area contributed by atoms with E-state index in [0.717, 1.165) is 73.1 Å². The van der Waals surface area contributed by atoms with Crippen LogP contribution in [0.2, 0.25) is 0 Å². The third-order valence-corrected chi connectivity index (χ3v) is 8.22. The highest BCUT2D eigenvalue weighted by Gasteiger charge is 2.13. The Bertz CT molecular complexity index is 2190. The molecule has 0 N–H and O–H groups in total. The zero-order valence-corrected chi connectivity index (χ0v) is 26.0. The van der Waals surface area contributed by atoms with Crippen molar-refractivity contribution in [3.05, 3.63) is 176 Å². The van der Waals surface area contributed by atoms with Gasteiger partial charge in [-0.05, 0) is 64.7 Å². The van der Waals surface area contributed by atoms with Gasteiger partial charge in [0.1, 0.15) is 0 Å². The molecule has 0 amide bonds. The Morgan fingerprint density at radius 3 is 1.40 bits per heavy atom. The van der Waals surface area contributed by atoms with Crippen molar-refractivity contribution >= 4 is 0 Å². The summed E-state index contributed by atoms with van der Waals surface area (Å²) in [6.45, 7) is 0. The second-order valence-corrected chi connectivity index (χ2v) is 11.4. The number of aromatic nitrogens is 5. The first kappa shape index (κ1) is 28.9. The van der Waals surface area contributed by atoms with E-state index < -0.39 is 0 Å². The Balaban J connectivity index is 1.16. The largest absolute Gasteiger partial charge is 0.255 e. The lowest BCUT2D eigenvalue weighted by molar-refractivity contribution is 1.18. The predicted molar refractivity (Wildman–Crippen MR) is 193 cm³/mol. The summed E-state index contributed by atoms with van der Waals surface area (Å²) < 4.78 is 0. The lowest BCUT2D eigenvalue weighted by atomic mass is 10.00. The quantitative estimate of drug-likeness (QED) is 0.178. The summed E-state index contributed by atoms with van der Waals surface area (Å²) in [7, 11) is 0. The fourth-order valence-corrected chi connectivity index (χ4v) is 5.76. The molecule has 0 spiro atoms. The van der Waals surface area contributed by atoms with Gasteiger partial charge in [-0.1, -0.05) is 121 Å². The van der Waals surface area contributed by atoms with Crippen molar-refractivity contribution in [2.45, 2.75) is 0 Å². The van der Waals surface area contributed by atoms with Gasteiger partial charge in [-0.2, -0.15) is 0 Å². The zero-order valence-electron chi connectivity index (χ0n) is 26.0. The fourth-order valence-electron chi connectivity index (χ4n) is 5.76. The number of hydrogen-bond acceptors (Lipinski definition) is 5. The normalized spacial score (nSPS) is 10.9. The van der Waals surface area contributed by atoms with Crippen LogP contribution >= 0.6 is 0 Å². The Kier molecular flexibility index (Phi) is 7.83. The molecule has 0 fully saturated rings. The maximum Gasteiger partial charge on any atom is 0.160 e. The SMILES string of the molecule is c1ccc(-c2cc(-c3ccccn3)nc(-c3cc(-c4ccc(-c5cc(-c6ccccc6)nc(-c6ccccc6)n5)cc4)ccn3)c2)cc1. The van der Waals surface area contributed by atoms with Gasteiger partial charge in [0.25, 0.3) is 0 Å². The molecule has 0 aliphatic rings. The minimum absolute atomic E-state index is 0.699. The van der Waals surface area contributed by atoms with E-state index in [1.165, 1.54) is 0 Å². The molecular formula is C43H29N5. The summed E-state index contributed by atoms with van der Waals surface area (Å²) in [6, 6.07) is 55.4. The maximum absolute atomic E-state index is 5.02. The Morgan fingerprint density at radius 2 is 0.750 bits per heavy atom. The van der Waals surface area contributed by atoms with Crippen molar-refractivity contribution in [2.75, 3.05) is 0 Å². The van der Waals surface area contributed by atoms with E-state index >= 15 is 0 Å². The van der Waals surface area contributed by atoms with Crippen molar-refractivity contribution in [3.63, 3.8) is 0 Å². The Morgan fingerprint density at radius 1 is 0.250 bits per heavy atom. The summed E-state index contributed by atoms with van der Waals surface area (Å²) in [4.78, 5) is 24.2. The van der Waals surface area contributed by atoms with E-state index in [1.807, 2.05) is 97.2 Å². The average Bonchev–Trinajstić information content (AvgIpc) is 3.19. The molecule has 8 rings (SSSR count). The predicted octanol–water partition coefficient (Wildman–Crippen LogP) is 10.3. The maximum atomic E-state index is 5.02. The van der Waals surface area contributed by atoms with Crippen molar-refractivity contribution in [1.82, 2.24) is 24.9 Å². The molecule has 0 saturated heterocycles. The molecule has 0 aliphatic heterocycles. The molecule has 0 aliphatic carbocycles. The number of nitrogens with zero attached hydrogens (tertiary/aromatic N) is 5. The minimum atomic E-state index is 0.699. The Labute approximate surface area is 279 Å². The molecule has 5 heteroatoms. The van der Waals surface area contributed by atoms with Crippen molar-refractivity contribution in [2.24, 2.45) is 0 Å². The fraction of sp³-hybridized carbons (Fsp3) is 0. The topological polar surface area (TPSA) is 64.5 Å². The van der Waals surface area contributed by atoms with Gasteiger partial charge < -0.3 is 0 Å². The van der Waals surface area contributed by atoms with Crippen LogP contribution in [-0.2, 0) is 0 Å². The van der Waals surface area contributed by atoms with Crippen molar-refractivity contribution in [1.29, 1.82) is 0 Å². The molecule has 226 valence electrons. The number of benzene rings is 4. The van der Waals surface area contributed by atoms with E-state index in [9.17, 15) is 0 Å². The number of hydrogen-bond donors (Lipinski definition) is 0. The van der Waals surface area contributed by atoms with Crippen LogP contribution in [0.5, 0.6) is 0 Å². The van der Waals surface area contributed by atoms with Gasteiger partial charge in [-0.3, -0.25) is 9.97 Å². The summed E-state index contributed by atoms with van der Waals surface area (Å²) >= 11 is 0. The number of pyridine rings is 3. The first-order chi connectivity index (χ1) is 23.8. The van der Waals surface area contributed by atoms with E-state index in [-0.39, 0.29) is 0 Å². The van der Waals surface area contributed by atoms with Crippen LogP contribution in [0.1, 0.15) is 0 Å². The van der Waals surface area contributed by atoms with Gasteiger partial charge in [0, 0.05) is 29.1 Å². The molecule has 4 heterocycles. The van der Waals surface area contributed by atoms with Crippen LogP contribution in [0.25, 0.3) is 78.9 Å². The molecule has 8 aromatic rings. The van der Waals surface area contributed by atoms with Crippen LogP contribution in [0.3, 0.4) is 0 Å². The highest BCUT2D eigenvalue weighted by Crippen LogP contribution is 2.32. The molecule has 48 heavy (non-hydrogen) atoms.